The van der Waals surface area contributed by atoms with Gasteiger partial charge in [0.05, 0.1) is 21.4 Å². The quantitative estimate of drug-likeness (QED) is 0.670. The Hall–Kier alpha value is -3.06. The predicted octanol–water partition coefficient (Wildman–Crippen LogP) is 3.41. The third-order valence-electron chi connectivity index (χ3n) is 3.71. The zero-order valence-electron chi connectivity index (χ0n) is 12.0. The minimum atomic E-state index is -0.892. The van der Waals surface area contributed by atoms with Gasteiger partial charge >= 0.3 is 5.97 Å². The van der Waals surface area contributed by atoms with Gasteiger partial charge in [0.25, 0.3) is 11.8 Å². The molecule has 0 atom stereocenters. The lowest BCUT2D eigenvalue weighted by molar-refractivity contribution is -0.0583. The molecule has 0 aliphatic carbocycles. The van der Waals surface area contributed by atoms with E-state index in [1.807, 2.05) is 0 Å². The highest BCUT2D eigenvalue weighted by atomic mass is 32.1. The van der Waals surface area contributed by atoms with E-state index in [0.717, 1.165) is 6.07 Å². The summed E-state index contributed by atoms with van der Waals surface area (Å²) in [6.45, 7) is 0. The molecule has 0 unspecified atom stereocenters. The van der Waals surface area contributed by atoms with E-state index in [2.05, 4.69) is 0 Å². The largest absolute Gasteiger partial charge is 0.365 e. The van der Waals surface area contributed by atoms with Crippen LogP contribution in [0, 0.1) is 5.82 Å². The fraction of sp³-hybridized carbons (Fsp3) is 0. The zero-order chi connectivity index (χ0) is 16.8. The first kappa shape index (κ1) is 14.5. The monoisotopic (exact) mass is 341 g/mol. The number of amides is 2. The molecule has 1 aromatic heterocycles. The van der Waals surface area contributed by atoms with Crippen molar-refractivity contribution in [1.82, 2.24) is 5.06 Å². The van der Waals surface area contributed by atoms with Gasteiger partial charge in [0.15, 0.2) is 0 Å². The Balaban J connectivity index is 1.68. The van der Waals surface area contributed by atoms with Crippen LogP contribution in [0.4, 0.5) is 4.39 Å². The number of imide groups is 1. The van der Waals surface area contributed by atoms with Gasteiger partial charge in [-0.25, -0.2) is 9.18 Å². The molecule has 0 spiro atoms. The maximum atomic E-state index is 13.7. The lowest BCUT2D eigenvalue weighted by Crippen LogP contribution is -2.32. The van der Waals surface area contributed by atoms with Crippen LogP contribution < -0.4 is 0 Å². The molecule has 0 radical (unpaired) electrons. The van der Waals surface area contributed by atoms with E-state index in [9.17, 15) is 18.8 Å². The minimum absolute atomic E-state index is 0.0953. The summed E-state index contributed by atoms with van der Waals surface area (Å²) < 4.78 is 14.1. The number of rotatable bonds is 2. The minimum Gasteiger partial charge on any atom is -0.324 e. The molecule has 3 aromatic rings. The lowest BCUT2D eigenvalue weighted by atomic mass is 10.1. The van der Waals surface area contributed by atoms with Crippen LogP contribution in [0.3, 0.4) is 0 Å². The highest BCUT2D eigenvalue weighted by Gasteiger charge is 2.39. The fourth-order valence-corrected chi connectivity index (χ4v) is 3.48. The number of hydrogen-bond acceptors (Lipinski definition) is 5. The van der Waals surface area contributed by atoms with E-state index in [-0.39, 0.29) is 22.1 Å². The molecule has 5 nitrogen and oxygen atoms in total. The molecular weight excluding hydrogens is 333 g/mol. The number of nitrogens with zero attached hydrogens (tertiary/aromatic N) is 1. The van der Waals surface area contributed by atoms with Crippen molar-refractivity contribution >= 4 is 39.2 Å². The Morgan fingerprint density at radius 3 is 2.33 bits per heavy atom. The second kappa shape index (κ2) is 5.24. The Labute approximate surface area is 138 Å². The third kappa shape index (κ3) is 2.02. The Morgan fingerprint density at radius 2 is 1.67 bits per heavy atom. The summed E-state index contributed by atoms with van der Waals surface area (Å²) in [7, 11) is 0. The first-order valence-corrected chi connectivity index (χ1v) is 7.81. The lowest BCUT2D eigenvalue weighted by Gasteiger charge is -2.13. The van der Waals surface area contributed by atoms with Gasteiger partial charge in [-0.1, -0.05) is 17.2 Å². The summed E-state index contributed by atoms with van der Waals surface area (Å²) in [5.74, 6) is -2.75. The number of benzene rings is 2. The van der Waals surface area contributed by atoms with Crippen LogP contribution in [-0.2, 0) is 4.84 Å². The van der Waals surface area contributed by atoms with Gasteiger partial charge < -0.3 is 4.84 Å². The molecule has 118 valence electrons. The van der Waals surface area contributed by atoms with Crippen LogP contribution >= 0.6 is 11.3 Å². The number of hydrogen-bond donors (Lipinski definition) is 0. The van der Waals surface area contributed by atoms with Gasteiger partial charge in [-0.3, -0.25) is 9.59 Å². The average molecular weight is 341 g/mol. The van der Waals surface area contributed by atoms with E-state index in [4.69, 9.17) is 4.84 Å². The van der Waals surface area contributed by atoms with E-state index >= 15 is 0 Å². The van der Waals surface area contributed by atoms with E-state index in [1.165, 1.54) is 29.5 Å². The van der Waals surface area contributed by atoms with Crippen LogP contribution in [0.15, 0.2) is 47.8 Å². The number of thiophene rings is 1. The van der Waals surface area contributed by atoms with Gasteiger partial charge in [0.2, 0.25) is 0 Å². The van der Waals surface area contributed by atoms with Crippen LogP contribution in [0.25, 0.3) is 10.1 Å². The van der Waals surface area contributed by atoms with Gasteiger partial charge in [-0.2, -0.15) is 0 Å². The summed E-state index contributed by atoms with van der Waals surface area (Å²) >= 11 is 1.17. The molecule has 0 N–H and O–H groups in total. The molecule has 0 saturated carbocycles. The zero-order valence-corrected chi connectivity index (χ0v) is 12.8. The number of carbonyl (C=O) groups is 3. The number of hydroxylamine groups is 2. The third-order valence-corrected chi connectivity index (χ3v) is 4.66. The standard InChI is InChI=1S/C17H8FNO4S/c18-13-6-5-12(14-11(13)7-8-24-14)17(22)23-19-15(20)9-3-1-2-4-10(9)16(19)21/h1-8H. The SMILES string of the molecule is O=C(ON1C(=O)c2ccccc2C1=O)c1ccc(F)c2ccsc12. The Morgan fingerprint density at radius 1 is 1.00 bits per heavy atom. The first-order valence-electron chi connectivity index (χ1n) is 6.94. The van der Waals surface area contributed by atoms with Gasteiger partial charge in [-0.05, 0) is 35.7 Å². The van der Waals surface area contributed by atoms with E-state index in [1.54, 1.807) is 23.6 Å². The van der Waals surface area contributed by atoms with Crippen LogP contribution in [0.5, 0.6) is 0 Å². The van der Waals surface area contributed by atoms with E-state index in [0.29, 0.717) is 9.76 Å². The molecule has 2 amide bonds. The molecule has 0 saturated heterocycles. The second-order valence-corrected chi connectivity index (χ2v) is 6.00. The molecule has 2 aromatic carbocycles. The smallest absolute Gasteiger partial charge is 0.324 e. The van der Waals surface area contributed by atoms with Crippen LogP contribution in [0.1, 0.15) is 31.1 Å². The Bertz CT molecular complexity index is 991. The highest BCUT2D eigenvalue weighted by Crippen LogP contribution is 2.29. The first-order chi connectivity index (χ1) is 11.6. The maximum Gasteiger partial charge on any atom is 0.365 e. The van der Waals surface area contributed by atoms with Crippen molar-refractivity contribution in [2.75, 3.05) is 0 Å². The summed E-state index contributed by atoms with van der Waals surface area (Å²) in [6, 6.07) is 10.2. The number of halogens is 1. The molecule has 0 bridgehead atoms. The van der Waals surface area contributed by atoms with Crippen molar-refractivity contribution in [3.8, 4) is 0 Å². The van der Waals surface area contributed by atoms with Gasteiger partial charge in [0.1, 0.15) is 5.82 Å². The van der Waals surface area contributed by atoms with Crippen molar-refractivity contribution in [2.24, 2.45) is 0 Å². The van der Waals surface area contributed by atoms with Gasteiger partial charge in [-0.15, -0.1) is 11.3 Å². The van der Waals surface area contributed by atoms with Gasteiger partial charge in [0, 0.05) is 5.39 Å². The molecule has 1 aliphatic rings. The Kier molecular flexibility index (Phi) is 3.17. The number of carbonyl (C=O) groups excluding carboxylic acids is 3. The van der Waals surface area contributed by atoms with Crippen molar-refractivity contribution in [3.63, 3.8) is 0 Å². The molecule has 2 heterocycles. The summed E-state index contributed by atoms with van der Waals surface area (Å²) in [5, 5.41) is 2.37. The normalized spacial score (nSPS) is 13.5. The van der Waals surface area contributed by atoms with E-state index < -0.39 is 23.6 Å². The number of fused-ring (bicyclic) bond motifs is 2. The maximum absolute atomic E-state index is 13.7. The van der Waals surface area contributed by atoms with Crippen LogP contribution in [-0.4, -0.2) is 22.8 Å². The molecule has 1 aliphatic heterocycles. The molecule has 24 heavy (non-hydrogen) atoms. The topological polar surface area (TPSA) is 63.7 Å². The predicted molar refractivity (Wildman–Crippen MR) is 84.1 cm³/mol. The van der Waals surface area contributed by atoms with Crippen molar-refractivity contribution < 1.29 is 23.6 Å². The fourth-order valence-electron chi connectivity index (χ4n) is 2.57. The highest BCUT2D eigenvalue weighted by molar-refractivity contribution is 7.17. The molecule has 7 heteroatoms. The average Bonchev–Trinajstić information content (AvgIpc) is 3.16. The van der Waals surface area contributed by atoms with Crippen molar-refractivity contribution in [2.45, 2.75) is 0 Å². The van der Waals surface area contributed by atoms with Crippen LogP contribution in [0.2, 0.25) is 0 Å². The summed E-state index contributed by atoms with van der Waals surface area (Å²) in [6.07, 6.45) is 0. The summed E-state index contributed by atoms with van der Waals surface area (Å²) in [5.41, 5.74) is 0.448. The molecular formula is C17H8FNO4S. The summed E-state index contributed by atoms with van der Waals surface area (Å²) in [4.78, 5) is 41.8. The van der Waals surface area contributed by atoms with Crippen molar-refractivity contribution in [3.05, 3.63) is 70.4 Å². The second-order valence-electron chi connectivity index (χ2n) is 5.09. The molecule has 0 fully saturated rings. The van der Waals surface area contributed by atoms with Crippen molar-refractivity contribution in [1.29, 1.82) is 0 Å². The molecule has 4 rings (SSSR count).